The topological polar surface area (TPSA) is 66.4 Å². The van der Waals surface area contributed by atoms with E-state index in [1.54, 1.807) is 12.1 Å². The maximum absolute atomic E-state index is 11.9. The average Bonchev–Trinajstić information content (AvgIpc) is 2.85. The summed E-state index contributed by atoms with van der Waals surface area (Å²) >= 11 is 2.19. The van der Waals surface area contributed by atoms with Gasteiger partial charge in [0.1, 0.15) is 0 Å². The summed E-state index contributed by atoms with van der Waals surface area (Å²) in [4.78, 5) is 23.0. The highest BCUT2D eigenvalue weighted by Crippen LogP contribution is 2.31. The lowest BCUT2D eigenvalue weighted by atomic mass is 9.96. The zero-order valence-electron chi connectivity index (χ0n) is 10.4. The van der Waals surface area contributed by atoms with Gasteiger partial charge in [-0.05, 0) is 65.6 Å². The second-order valence-corrected chi connectivity index (χ2v) is 6.10. The van der Waals surface area contributed by atoms with Crippen LogP contribution < -0.4 is 5.32 Å². The second-order valence-electron chi connectivity index (χ2n) is 4.85. The number of amides is 1. The van der Waals surface area contributed by atoms with Gasteiger partial charge in [-0.2, -0.15) is 0 Å². The van der Waals surface area contributed by atoms with Crippen molar-refractivity contribution in [2.75, 3.05) is 6.54 Å². The van der Waals surface area contributed by atoms with E-state index in [2.05, 4.69) is 27.9 Å². The molecule has 1 amide bonds. The van der Waals surface area contributed by atoms with Crippen LogP contribution in [0.3, 0.4) is 0 Å². The molecule has 0 aromatic heterocycles. The molecule has 2 atom stereocenters. The van der Waals surface area contributed by atoms with Gasteiger partial charge in [0.25, 0.3) is 5.91 Å². The Labute approximate surface area is 125 Å². The maximum atomic E-state index is 11.9. The van der Waals surface area contributed by atoms with Gasteiger partial charge in [0.05, 0.1) is 5.92 Å². The predicted molar refractivity (Wildman–Crippen MR) is 80.0 cm³/mol. The molecular weight excluding hydrogens is 357 g/mol. The molecule has 1 aliphatic rings. The molecule has 4 nitrogen and oxygen atoms in total. The van der Waals surface area contributed by atoms with E-state index >= 15 is 0 Å². The van der Waals surface area contributed by atoms with Crippen molar-refractivity contribution in [3.63, 3.8) is 0 Å². The van der Waals surface area contributed by atoms with Crippen molar-refractivity contribution < 1.29 is 14.7 Å². The van der Waals surface area contributed by atoms with Gasteiger partial charge in [-0.25, -0.2) is 0 Å². The third-order valence-electron chi connectivity index (χ3n) is 3.61. The molecule has 0 radical (unpaired) electrons. The van der Waals surface area contributed by atoms with Crippen LogP contribution >= 0.6 is 22.6 Å². The van der Waals surface area contributed by atoms with Crippen molar-refractivity contribution in [2.45, 2.75) is 19.3 Å². The first-order valence-electron chi connectivity index (χ1n) is 6.34. The van der Waals surface area contributed by atoms with Crippen LogP contribution in [-0.4, -0.2) is 23.5 Å². The molecule has 2 unspecified atom stereocenters. The minimum absolute atomic E-state index is 0.0605. The molecule has 0 heterocycles. The van der Waals surface area contributed by atoms with Gasteiger partial charge < -0.3 is 10.4 Å². The second kappa shape index (κ2) is 6.36. The van der Waals surface area contributed by atoms with Crippen LogP contribution in [0.15, 0.2) is 24.3 Å². The quantitative estimate of drug-likeness (QED) is 0.798. The SMILES string of the molecule is O=C(NCC1CCCC1C(=O)O)c1ccc(I)cc1. The first-order chi connectivity index (χ1) is 9.08. The fraction of sp³-hybridized carbons (Fsp3) is 0.429. The number of carboxylic acids is 1. The smallest absolute Gasteiger partial charge is 0.306 e. The highest BCUT2D eigenvalue weighted by molar-refractivity contribution is 14.1. The van der Waals surface area contributed by atoms with Gasteiger partial charge in [-0.3, -0.25) is 9.59 Å². The first-order valence-corrected chi connectivity index (χ1v) is 7.42. The van der Waals surface area contributed by atoms with E-state index in [-0.39, 0.29) is 17.7 Å². The van der Waals surface area contributed by atoms with Gasteiger partial charge in [0, 0.05) is 15.7 Å². The highest BCUT2D eigenvalue weighted by atomic mass is 127. The first kappa shape index (κ1) is 14.3. The summed E-state index contributed by atoms with van der Waals surface area (Å²) in [6.45, 7) is 0.446. The Morgan fingerprint density at radius 3 is 2.58 bits per heavy atom. The lowest BCUT2D eigenvalue weighted by Crippen LogP contribution is -2.33. The molecule has 2 N–H and O–H groups in total. The fourth-order valence-electron chi connectivity index (χ4n) is 2.53. The Balaban J connectivity index is 1.90. The summed E-state index contributed by atoms with van der Waals surface area (Å²) in [7, 11) is 0. The number of carbonyl (C=O) groups is 2. The highest BCUT2D eigenvalue weighted by Gasteiger charge is 2.32. The number of nitrogens with one attached hydrogen (secondary N) is 1. The Morgan fingerprint density at radius 2 is 1.95 bits per heavy atom. The molecule has 5 heteroatoms. The zero-order chi connectivity index (χ0) is 13.8. The van der Waals surface area contributed by atoms with E-state index in [0.29, 0.717) is 12.1 Å². The number of aliphatic carboxylic acids is 1. The number of carboxylic acid groups (broad SMARTS) is 1. The van der Waals surface area contributed by atoms with Crippen LogP contribution in [0.2, 0.25) is 0 Å². The molecule has 0 aliphatic heterocycles. The monoisotopic (exact) mass is 373 g/mol. The van der Waals surface area contributed by atoms with Crippen molar-refractivity contribution in [1.82, 2.24) is 5.32 Å². The van der Waals surface area contributed by atoms with E-state index in [0.717, 1.165) is 22.8 Å². The molecule has 2 rings (SSSR count). The molecule has 0 bridgehead atoms. The largest absolute Gasteiger partial charge is 0.481 e. The van der Waals surface area contributed by atoms with E-state index < -0.39 is 5.97 Å². The zero-order valence-corrected chi connectivity index (χ0v) is 12.6. The number of hydrogen-bond donors (Lipinski definition) is 2. The van der Waals surface area contributed by atoms with Crippen LogP contribution in [0.1, 0.15) is 29.6 Å². The van der Waals surface area contributed by atoms with Crippen LogP contribution in [0.5, 0.6) is 0 Å². The Morgan fingerprint density at radius 1 is 1.26 bits per heavy atom. The maximum Gasteiger partial charge on any atom is 0.306 e. The van der Waals surface area contributed by atoms with Crippen LogP contribution in [-0.2, 0) is 4.79 Å². The van der Waals surface area contributed by atoms with Gasteiger partial charge in [0.2, 0.25) is 0 Å². The van der Waals surface area contributed by atoms with E-state index in [1.807, 2.05) is 12.1 Å². The third kappa shape index (κ3) is 3.68. The van der Waals surface area contributed by atoms with Crippen molar-refractivity contribution in [1.29, 1.82) is 0 Å². The lowest BCUT2D eigenvalue weighted by Gasteiger charge is -2.16. The van der Waals surface area contributed by atoms with Crippen LogP contribution in [0, 0.1) is 15.4 Å². The minimum atomic E-state index is -0.744. The normalized spacial score (nSPS) is 22.2. The van der Waals surface area contributed by atoms with E-state index in [1.165, 1.54) is 0 Å². The number of halogens is 1. The van der Waals surface area contributed by atoms with Crippen LogP contribution in [0.4, 0.5) is 0 Å². The Bertz CT molecular complexity index is 472. The fourth-order valence-corrected chi connectivity index (χ4v) is 2.89. The van der Waals surface area contributed by atoms with Gasteiger partial charge in [0.15, 0.2) is 0 Å². The number of hydrogen-bond acceptors (Lipinski definition) is 2. The van der Waals surface area contributed by atoms with Gasteiger partial charge in [-0.1, -0.05) is 6.42 Å². The number of carbonyl (C=O) groups excluding carboxylic acids is 1. The summed E-state index contributed by atoms with van der Waals surface area (Å²) in [5, 5.41) is 11.9. The summed E-state index contributed by atoms with van der Waals surface area (Å²) in [5.41, 5.74) is 0.616. The summed E-state index contributed by atoms with van der Waals surface area (Å²) in [6.07, 6.45) is 2.53. The molecule has 1 aromatic rings. The molecule has 1 aliphatic carbocycles. The molecule has 0 spiro atoms. The average molecular weight is 373 g/mol. The lowest BCUT2D eigenvalue weighted by molar-refractivity contribution is -0.142. The van der Waals surface area contributed by atoms with Gasteiger partial charge in [-0.15, -0.1) is 0 Å². The summed E-state index contributed by atoms with van der Waals surface area (Å²) in [6, 6.07) is 7.32. The van der Waals surface area contributed by atoms with Crippen molar-refractivity contribution >= 4 is 34.5 Å². The molecule has 1 saturated carbocycles. The molecule has 1 fully saturated rings. The Kier molecular flexibility index (Phi) is 4.79. The molecule has 1 aromatic carbocycles. The Hall–Kier alpha value is -1.11. The van der Waals surface area contributed by atoms with E-state index in [9.17, 15) is 9.59 Å². The summed E-state index contributed by atoms with van der Waals surface area (Å²) in [5.74, 6) is -1.12. The minimum Gasteiger partial charge on any atom is -0.481 e. The molecular formula is C14H16INO3. The molecule has 102 valence electrons. The van der Waals surface area contributed by atoms with E-state index in [4.69, 9.17) is 5.11 Å². The van der Waals surface area contributed by atoms with Crippen molar-refractivity contribution in [2.24, 2.45) is 11.8 Å². The van der Waals surface area contributed by atoms with Crippen molar-refractivity contribution in [3.8, 4) is 0 Å². The van der Waals surface area contributed by atoms with Crippen LogP contribution in [0.25, 0.3) is 0 Å². The number of rotatable bonds is 4. The predicted octanol–water partition coefficient (Wildman–Crippen LogP) is 2.52. The van der Waals surface area contributed by atoms with Gasteiger partial charge >= 0.3 is 5.97 Å². The number of benzene rings is 1. The summed E-state index contributed by atoms with van der Waals surface area (Å²) < 4.78 is 1.08. The molecule has 19 heavy (non-hydrogen) atoms. The van der Waals surface area contributed by atoms with Crippen molar-refractivity contribution in [3.05, 3.63) is 33.4 Å². The standard InChI is InChI=1S/C14H16INO3/c15-11-6-4-9(5-7-11)13(17)16-8-10-2-1-3-12(10)14(18)19/h4-7,10,12H,1-3,8H2,(H,16,17)(H,18,19). The third-order valence-corrected chi connectivity index (χ3v) is 4.33. The molecule has 0 saturated heterocycles.